The number of phenols is 1. The van der Waals surface area contributed by atoms with E-state index in [4.69, 9.17) is 17.2 Å². The molecule has 0 aliphatic heterocycles. The van der Waals surface area contributed by atoms with Crippen molar-refractivity contribution in [2.24, 2.45) is 35.0 Å². The van der Waals surface area contributed by atoms with Crippen LogP contribution in [0.5, 0.6) is 5.75 Å². The minimum atomic E-state index is -1.79. The van der Waals surface area contributed by atoms with Crippen LogP contribution < -0.4 is 59.4 Å². The predicted molar refractivity (Wildman–Crippen MR) is 264 cm³/mol. The second kappa shape index (κ2) is 32.5. The van der Waals surface area contributed by atoms with Crippen LogP contribution in [-0.4, -0.2) is 152 Å². The summed E-state index contributed by atoms with van der Waals surface area (Å²) in [5, 5.41) is 64.9. The number of hydrogen-bond acceptors (Lipinski definition) is 13. The molecule has 0 aliphatic carbocycles. The number of aliphatic carboxylic acids is 4. The monoisotopic (exact) mass is 1050 g/mol. The zero-order valence-corrected chi connectivity index (χ0v) is 42.6. The quantitative estimate of drug-likeness (QED) is 0.0176. The first kappa shape index (κ1) is 64.4. The van der Waals surface area contributed by atoms with Crippen LogP contribution in [0.15, 0.2) is 24.3 Å². The van der Waals surface area contributed by atoms with E-state index in [0.29, 0.717) is 5.56 Å². The Labute approximate surface area is 428 Å². The standard InChI is InChI=1S/C47H75N11O16/c1-7-25(6)38(45(72)55-29(9-8-20-51-47(49)50)42(69)57-37(24(4)5)44(71)56-33(46(73)74)21-23(2)3)58-43(70)32(16-19-36(64)65)54-41(68)31(15-18-35(62)63)53-40(67)30(14-17-34(60)61)52-39(66)28(48)22-26-10-12-27(59)13-11-26/h10-13,23-25,28-33,37-38,59H,7-9,14-22,48H2,1-6H3,(H,52,66)(H,53,67)(H,54,68)(H,55,72)(H,56,71)(H,57,69)(H,58,70)(H,60,61)(H,62,63)(H,64,65)(H,73,74)(H4,49,50,51)/p+1. The third kappa shape index (κ3) is 24.7. The van der Waals surface area contributed by atoms with E-state index in [2.05, 4.69) is 42.2 Å². The Kier molecular flexibility index (Phi) is 28.3. The number of carbonyl (C=O) groups excluding carboxylic acids is 7. The lowest BCUT2D eigenvalue weighted by Gasteiger charge is -2.30. The van der Waals surface area contributed by atoms with Crippen molar-refractivity contribution in [2.75, 3.05) is 6.54 Å². The van der Waals surface area contributed by atoms with Gasteiger partial charge in [0.05, 0.1) is 12.6 Å². The SMILES string of the molecule is CCC(C)C(NC(=O)C(CCC(=O)O)NC(=O)C(CCC(=O)O)NC(=O)C(CCC(=O)O)NC(=O)C(N)Cc1ccc(O)cc1)C(=O)NC(CCC[NH+]=C(N)N)C(=O)NC(C(=O)NC(CC(C)C)C(=O)O)C(C)C. The molecule has 0 bridgehead atoms. The van der Waals surface area contributed by atoms with Gasteiger partial charge in [-0.3, -0.25) is 64.4 Å². The number of carboxylic acids is 4. The van der Waals surface area contributed by atoms with Crippen molar-refractivity contribution in [1.82, 2.24) is 37.2 Å². The van der Waals surface area contributed by atoms with Crippen molar-refractivity contribution in [3.05, 3.63) is 29.8 Å². The molecule has 0 spiro atoms. The molecule has 9 unspecified atom stereocenters. The Hall–Kier alpha value is -7.58. The zero-order valence-electron chi connectivity index (χ0n) is 42.6. The molecule has 0 aromatic heterocycles. The van der Waals surface area contributed by atoms with Crippen LogP contribution in [0, 0.1) is 17.8 Å². The third-order valence-corrected chi connectivity index (χ3v) is 11.6. The number of phenolic OH excluding ortho intramolecular Hbond substituents is 1. The molecule has 27 nitrogen and oxygen atoms in total. The number of hydrogen-bond donors (Lipinski definition) is 16. The van der Waals surface area contributed by atoms with Gasteiger partial charge in [0.1, 0.15) is 48.0 Å². The molecule has 0 aliphatic rings. The topological polar surface area (TPSA) is 465 Å². The number of carbonyl (C=O) groups is 11. The van der Waals surface area contributed by atoms with Gasteiger partial charge in [-0.2, -0.15) is 0 Å². The summed E-state index contributed by atoms with van der Waals surface area (Å²) in [6.45, 7) is 10.1. The van der Waals surface area contributed by atoms with Crippen molar-refractivity contribution >= 4 is 71.2 Å². The lowest BCUT2D eigenvalue weighted by Crippen LogP contribution is -2.78. The van der Waals surface area contributed by atoms with E-state index in [-0.39, 0.29) is 56.3 Å². The number of amides is 7. The molecule has 1 aromatic carbocycles. The maximum Gasteiger partial charge on any atom is 0.338 e. The molecule has 414 valence electrons. The summed E-state index contributed by atoms with van der Waals surface area (Å²) in [4.78, 5) is 146. The number of nitrogens with two attached hydrogens (primary N) is 3. The lowest BCUT2D eigenvalue weighted by molar-refractivity contribution is -0.459. The average Bonchev–Trinajstić information content (AvgIpc) is 3.31. The van der Waals surface area contributed by atoms with Crippen LogP contribution in [0.2, 0.25) is 0 Å². The molecule has 0 saturated heterocycles. The van der Waals surface area contributed by atoms with Crippen molar-refractivity contribution in [3.8, 4) is 5.75 Å². The van der Waals surface area contributed by atoms with Gasteiger partial charge in [0.25, 0.3) is 0 Å². The van der Waals surface area contributed by atoms with Crippen molar-refractivity contribution < 1.29 is 83.3 Å². The number of guanidine groups is 1. The van der Waals surface area contributed by atoms with Gasteiger partial charge < -0.3 is 68.5 Å². The second-order valence-corrected chi connectivity index (χ2v) is 18.7. The first-order chi connectivity index (χ1) is 34.6. The summed E-state index contributed by atoms with van der Waals surface area (Å²) < 4.78 is 0. The highest BCUT2D eigenvalue weighted by molar-refractivity contribution is 5.98. The smallest absolute Gasteiger partial charge is 0.338 e. The molecular weight excluding hydrogens is 975 g/mol. The molecule has 19 N–H and O–H groups in total. The van der Waals surface area contributed by atoms with Gasteiger partial charge in [-0.25, -0.2) is 4.79 Å². The van der Waals surface area contributed by atoms with E-state index in [1.165, 1.54) is 24.3 Å². The fraction of sp³-hybridized carbons (Fsp3) is 0.617. The molecule has 0 fully saturated rings. The van der Waals surface area contributed by atoms with Gasteiger partial charge in [-0.1, -0.05) is 60.1 Å². The Bertz CT molecular complexity index is 2130. The summed E-state index contributed by atoms with van der Waals surface area (Å²) in [6.07, 6.45) is -3.54. The van der Waals surface area contributed by atoms with Crippen LogP contribution in [0.25, 0.3) is 0 Å². The van der Waals surface area contributed by atoms with Crippen LogP contribution in [0.1, 0.15) is 111 Å². The Morgan fingerprint density at radius 2 is 0.932 bits per heavy atom. The number of benzene rings is 1. The zero-order chi connectivity index (χ0) is 56.4. The summed E-state index contributed by atoms with van der Waals surface area (Å²) in [7, 11) is 0. The predicted octanol–water partition coefficient (Wildman–Crippen LogP) is -3.78. The molecule has 74 heavy (non-hydrogen) atoms. The summed E-state index contributed by atoms with van der Waals surface area (Å²) in [5.74, 6) is -14.0. The number of rotatable bonds is 35. The van der Waals surface area contributed by atoms with Crippen LogP contribution in [0.4, 0.5) is 0 Å². The van der Waals surface area contributed by atoms with Crippen molar-refractivity contribution in [3.63, 3.8) is 0 Å². The van der Waals surface area contributed by atoms with Crippen LogP contribution >= 0.6 is 0 Å². The molecule has 0 heterocycles. The molecule has 1 aromatic rings. The van der Waals surface area contributed by atoms with E-state index in [9.17, 15) is 78.3 Å². The highest BCUT2D eigenvalue weighted by Crippen LogP contribution is 2.15. The molecule has 0 radical (unpaired) electrons. The molecule has 7 amide bonds. The van der Waals surface area contributed by atoms with Gasteiger partial charge in [0.15, 0.2) is 0 Å². The van der Waals surface area contributed by atoms with Crippen LogP contribution in [0.3, 0.4) is 0 Å². The van der Waals surface area contributed by atoms with Gasteiger partial charge in [-0.15, -0.1) is 0 Å². The number of aromatic hydroxyl groups is 1. The Balaban J connectivity index is 3.54. The molecule has 9 atom stereocenters. The Morgan fingerprint density at radius 1 is 0.541 bits per heavy atom. The average molecular weight is 1050 g/mol. The second-order valence-electron chi connectivity index (χ2n) is 18.7. The van der Waals surface area contributed by atoms with E-state index in [1.54, 1.807) is 41.5 Å². The largest absolute Gasteiger partial charge is 0.508 e. The van der Waals surface area contributed by atoms with Gasteiger partial charge in [0, 0.05) is 19.3 Å². The summed E-state index contributed by atoms with van der Waals surface area (Å²) >= 11 is 0. The maximum absolute atomic E-state index is 14.2. The lowest BCUT2D eigenvalue weighted by atomic mass is 9.96. The first-order valence-corrected chi connectivity index (χ1v) is 24.2. The van der Waals surface area contributed by atoms with Crippen molar-refractivity contribution in [1.29, 1.82) is 0 Å². The fourth-order valence-electron chi connectivity index (χ4n) is 7.18. The third-order valence-electron chi connectivity index (χ3n) is 11.6. The van der Waals surface area contributed by atoms with Gasteiger partial charge >= 0.3 is 29.8 Å². The first-order valence-electron chi connectivity index (χ1n) is 24.2. The highest BCUT2D eigenvalue weighted by Gasteiger charge is 2.37. The van der Waals surface area contributed by atoms with Crippen LogP contribution in [-0.2, 0) is 59.2 Å². The molecule has 0 saturated carbocycles. The minimum absolute atomic E-state index is 0.0494. The molecule has 27 heteroatoms. The molecular formula is C47H76N11O16+. The van der Waals surface area contributed by atoms with E-state index in [0.717, 1.165) is 0 Å². The maximum atomic E-state index is 14.2. The van der Waals surface area contributed by atoms with Gasteiger partial charge in [-0.05, 0) is 80.4 Å². The highest BCUT2D eigenvalue weighted by atomic mass is 16.4. The number of nitrogens with one attached hydrogen (secondary N) is 8. The number of carboxylic acid groups (broad SMARTS) is 4. The van der Waals surface area contributed by atoms with Gasteiger partial charge in [0.2, 0.25) is 41.4 Å². The molecule has 1 rings (SSSR count). The van der Waals surface area contributed by atoms with E-state index >= 15 is 0 Å². The normalized spacial score (nSPS) is 14.7. The van der Waals surface area contributed by atoms with Crippen molar-refractivity contribution in [2.45, 2.75) is 161 Å². The summed E-state index contributed by atoms with van der Waals surface area (Å²) in [5.41, 5.74) is 17.6. The Morgan fingerprint density at radius 3 is 1.34 bits per heavy atom. The minimum Gasteiger partial charge on any atom is -0.508 e. The fourth-order valence-corrected chi connectivity index (χ4v) is 7.18. The van der Waals surface area contributed by atoms with E-state index < -0.39 is 164 Å². The summed E-state index contributed by atoms with van der Waals surface area (Å²) in [6, 6.07) is -6.19. The van der Waals surface area contributed by atoms with E-state index in [1.807, 2.05) is 0 Å².